The van der Waals surface area contributed by atoms with Crippen LogP contribution in [-0.4, -0.2) is 23.3 Å². The molecule has 0 saturated carbocycles. The second-order valence-corrected chi connectivity index (χ2v) is 6.23. The molecule has 1 aromatic rings. The summed E-state index contributed by atoms with van der Waals surface area (Å²) >= 11 is 0. The van der Waals surface area contributed by atoms with E-state index in [1.165, 1.54) is 0 Å². The Morgan fingerprint density at radius 1 is 1.45 bits per heavy atom. The number of hydrogen-bond acceptors (Lipinski definition) is 3. The molecule has 0 spiro atoms. The van der Waals surface area contributed by atoms with Crippen molar-refractivity contribution in [3.05, 3.63) is 30.1 Å². The quantitative estimate of drug-likeness (QED) is 0.812. The van der Waals surface area contributed by atoms with Gasteiger partial charge in [0.1, 0.15) is 5.92 Å². The fraction of sp³-hybridized carbons (Fsp3) is 0.533. The third kappa shape index (κ3) is 3.15. The van der Waals surface area contributed by atoms with Crippen molar-refractivity contribution in [1.82, 2.24) is 15.6 Å². The maximum absolute atomic E-state index is 12.3. The molecule has 0 bridgehead atoms. The average Bonchev–Trinajstić information content (AvgIpc) is 2.79. The zero-order chi connectivity index (χ0) is 14.8. The van der Waals surface area contributed by atoms with Crippen molar-refractivity contribution in [2.45, 2.75) is 27.3 Å². The van der Waals surface area contributed by atoms with E-state index in [2.05, 4.69) is 36.4 Å². The lowest BCUT2D eigenvalue weighted by Gasteiger charge is -2.29. The van der Waals surface area contributed by atoms with E-state index in [-0.39, 0.29) is 23.1 Å². The SMILES string of the molecule is CC(C)(C)[C@@H]1CNC(=O)[C@H]1C(=O)NCc1ccccn1. The first-order valence-electron chi connectivity index (χ1n) is 6.85. The predicted molar refractivity (Wildman–Crippen MR) is 75.5 cm³/mol. The van der Waals surface area contributed by atoms with Crippen LogP contribution in [0.25, 0.3) is 0 Å². The first kappa shape index (κ1) is 14.5. The van der Waals surface area contributed by atoms with Gasteiger partial charge in [-0.1, -0.05) is 26.8 Å². The number of carbonyl (C=O) groups excluding carboxylic acids is 2. The molecule has 0 aliphatic carbocycles. The predicted octanol–water partition coefficient (Wildman–Crippen LogP) is 1.11. The van der Waals surface area contributed by atoms with Crippen molar-refractivity contribution in [2.75, 3.05) is 6.54 Å². The summed E-state index contributed by atoms with van der Waals surface area (Å²) in [7, 11) is 0. The van der Waals surface area contributed by atoms with Gasteiger partial charge in [0.25, 0.3) is 0 Å². The Balaban J connectivity index is 2.02. The number of carbonyl (C=O) groups is 2. The highest BCUT2D eigenvalue weighted by Crippen LogP contribution is 2.35. The number of hydrogen-bond donors (Lipinski definition) is 2. The lowest BCUT2D eigenvalue weighted by Crippen LogP contribution is -2.40. The van der Waals surface area contributed by atoms with E-state index in [4.69, 9.17) is 0 Å². The number of aromatic nitrogens is 1. The molecule has 20 heavy (non-hydrogen) atoms. The maximum Gasteiger partial charge on any atom is 0.233 e. The van der Waals surface area contributed by atoms with Gasteiger partial charge in [-0.3, -0.25) is 14.6 Å². The second-order valence-electron chi connectivity index (χ2n) is 6.23. The molecule has 1 saturated heterocycles. The summed E-state index contributed by atoms with van der Waals surface area (Å²) in [5, 5.41) is 5.60. The summed E-state index contributed by atoms with van der Waals surface area (Å²) in [5.41, 5.74) is 0.693. The number of pyridine rings is 1. The highest BCUT2D eigenvalue weighted by atomic mass is 16.2. The average molecular weight is 275 g/mol. The summed E-state index contributed by atoms with van der Waals surface area (Å²) < 4.78 is 0. The minimum absolute atomic E-state index is 0.0127. The maximum atomic E-state index is 12.3. The molecule has 5 nitrogen and oxygen atoms in total. The molecule has 2 rings (SSSR count). The molecule has 2 heterocycles. The standard InChI is InChI=1S/C15H21N3O2/c1-15(2,3)11-9-18-14(20)12(11)13(19)17-8-10-6-4-5-7-16-10/h4-7,11-12H,8-9H2,1-3H3,(H,17,19)(H,18,20)/t11-,12-/m1/s1. The summed E-state index contributed by atoms with van der Waals surface area (Å²) in [6, 6.07) is 5.54. The Hall–Kier alpha value is -1.91. The largest absolute Gasteiger partial charge is 0.355 e. The minimum Gasteiger partial charge on any atom is -0.355 e. The third-order valence-corrected chi connectivity index (χ3v) is 3.75. The van der Waals surface area contributed by atoms with Gasteiger partial charge >= 0.3 is 0 Å². The Bertz CT molecular complexity index is 494. The Morgan fingerprint density at radius 2 is 2.20 bits per heavy atom. The van der Waals surface area contributed by atoms with E-state index in [9.17, 15) is 9.59 Å². The van der Waals surface area contributed by atoms with Crippen molar-refractivity contribution in [3.63, 3.8) is 0 Å². The van der Waals surface area contributed by atoms with Crippen LogP contribution < -0.4 is 10.6 Å². The van der Waals surface area contributed by atoms with Crippen LogP contribution in [-0.2, 0) is 16.1 Å². The molecule has 108 valence electrons. The Labute approximate surface area is 119 Å². The fourth-order valence-electron chi connectivity index (χ4n) is 2.52. The molecule has 2 amide bonds. The van der Waals surface area contributed by atoms with Crippen LogP contribution in [0, 0.1) is 17.3 Å². The fourth-order valence-corrected chi connectivity index (χ4v) is 2.52. The van der Waals surface area contributed by atoms with Gasteiger partial charge in [0.15, 0.2) is 0 Å². The summed E-state index contributed by atoms with van der Waals surface area (Å²) in [5.74, 6) is -0.994. The smallest absolute Gasteiger partial charge is 0.233 e. The van der Waals surface area contributed by atoms with Crippen molar-refractivity contribution >= 4 is 11.8 Å². The molecule has 0 radical (unpaired) electrons. The molecule has 1 fully saturated rings. The molecule has 5 heteroatoms. The van der Waals surface area contributed by atoms with Gasteiger partial charge < -0.3 is 10.6 Å². The molecular weight excluding hydrogens is 254 g/mol. The molecule has 1 aliphatic heterocycles. The number of nitrogens with zero attached hydrogens (tertiary/aromatic N) is 1. The van der Waals surface area contributed by atoms with Gasteiger partial charge in [-0.15, -0.1) is 0 Å². The van der Waals surface area contributed by atoms with Gasteiger partial charge in [0.2, 0.25) is 11.8 Å². The first-order valence-corrected chi connectivity index (χ1v) is 6.85. The van der Waals surface area contributed by atoms with Gasteiger partial charge in [-0.05, 0) is 17.5 Å². The Kier molecular flexibility index (Phi) is 4.06. The van der Waals surface area contributed by atoms with Crippen LogP contribution in [0.15, 0.2) is 24.4 Å². The van der Waals surface area contributed by atoms with Crippen molar-refractivity contribution in [1.29, 1.82) is 0 Å². The molecule has 0 unspecified atom stereocenters. The molecule has 2 N–H and O–H groups in total. The first-order chi connectivity index (χ1) is 9.39. The third-order valence-electron chi connectivity index (χ3n) is 3.75. The topological polar surface area (TPSA) is 71.1 Å². The van der Waals surface area contributed by atoms with Crippen LogP contribution in [0.1, 0.15) is 26.5 Å². The van der Waals surface area contributed by atoms with Crippen molar-refractivity contribution in [2.24, 2.45) is 17.3 Å². The summed E-state index contributed by atoms with van der Waals surface area (Å²) in [6.45, 7) is 7.06. The van der Waals surface area contributed by atoms with Crippen LogP contribution in [0.3, 0.4) is 0 Å². The summed E-state index contributed by atoms with van der Waals surface area (Å²) in [4.78, 5) is 28.3. The number of rotatable bonds is 3. The lowest BCUT2D eigenvalue weighted by atomic mass is 9.74. The van der Waals surface area contributed by atoms with Gasteiger partial charge in [-0.25, -0.2) is 0 Å². The van der Waals surface area contributed by atoms with E-state index in [1.54, 1.807) is 6.20 Å². The van der Waals surface area contributed by atoms with Crippen LogP contribution >= 0.6 is 0 Å². The van der Waals surface area contributed by atoms with Crippen molar-refractivity contribution < 1.29 is 9.59 Å². The van der Waals surface area contributed by atoms with Crippen LogP contribution in [0.4, 0.5) is 0 Å². The molecular formula is C15H21N3O2. The van der Waals surface area contributed by atoms with Crippen molar-refractivity contribution in [3.8, 4) is 0 Å². The number of amides is 2. The summed E-state index contributed by atoms with van der Waals surface area (Å²) in [6.07, 6.45) is 1.68. The van der Waals surface area contributed by atoms with E-state index in [0.717, 1.165) is 5.69 Å². The molecule has 1 aromatic heterocycles. The monoisotopic (exact) mass is 275 g/mol. The number of nitrogens with one attached hydrogen (secondary N) is 2. The van der Waals surface area contributed by atoms with Gasteiger partial charge in [0, 0.05) is 18.7 Å². The second kappa shape index (κ2) is 5.61. The highest BCUT2D eigenvalue weighted by Gasteiger charge is 2.45. The Morgan fingerprint density at radius 3 is 2.80 bits per heavy atom. The van der Waals surface area contributed by atoms with E-state index in [1.807, 2.05) is 18.2 Å². The van der Waals surface area contributed by atoms with Crippen LogP contribution in [0.5, 0.6) is 0 Å². The van der Waals surface area contributed by atoms with E-state index >= 15 is 0 Å². The normalized spacial score (nSPS) is 22.4. The molecule has 0 aromatic carbocycles. The van der Waals surface area contributed by atoms with Gasteiger partial charge in [0.05, 0.1) is 12.2 Å². The zero-order valence-electron chi connectivity index (χ0n) is 12.1. The lowest BCUT2D eigenvalue weighted by molar-refractivity contribution is -0.135. The molecule has 2 atom stereocenters. The molecule has 1 aliphatic rings. The van der Waals surface area contributed by atoms with Gasteiger partial charge in [-0.2, -0.15) is 0 Å². The van der Waals surface area contributed by atoms with Crippen LogP contribution in [0.2, 0.25) is 0 Å². The zero-order valence-corrected chi connectivity index (χ0v) is 12.1. The van der Waals surface area contributed by atoms with E-state index in [0.29, 0.717) is 13.1 Å². The highest BCUT2D eigenvalue weighted by molar-refractivity contribution is 6.02. The van der Waals surface area contributed by atoms with E-state index < -0.39 is 5.92 Å². The minimum atomic E-state index is -0.612.